The standard InChI is InChI=1S/C19H28N2O6S/c1-20-28(24,25)17-12-14(10-11-16(17)26-2)19(23)27-13-18(22)21-15-8-6-4-3-5-7-9-15/h10-12,15,20H,3-9,13H2,1-2H3,(H,21,22). The smallest absolute Gasteiger partial charge is 0.338 e. The van der Waals surface area contributed by atoms with Crippen molar-refractivity contribution in [2.24, 2.45) is 0 Å². The van der Waals surface area contributed by atoms with Crippen molar-refractivity contribution in [1.29, 1.82) is 0 Å². The number of amides is 1. The van der Waals surface area contributed by atoms with Crippen LogP contribution in [0.4, 0.5) is 0 Å². The van der Waals surface area contributed by atoms with Gasteiger partial charge in [0, 0.05) is 6.04 Å². The van der Waals surface area contributed by atoms with E-state index >= 15 is 0 Å². The normalized spacial score (nSPS) is 15.9. The highest BCUT2D eigenvalue weighted by atomic mass is 32.2. The molecule has 0 atom stereocenters. The van der Waals surface area contributed by atoms with Gasteiger partial charge in [0.05, 0.1) is 12.7 Å². The molecule has 2 rings (SSSR count). The second-order valence-corrected chi connectivity index (χ2v) is 8.61. The number of esters is 1. The van der Waals surface area contributed by atoms with E-state index < -0.39 is 22.6 Å². The van der Waals surface area contributed by atoms with Gasteiger partial charge < -0.3 is 14.8 Å². The van der Waals surface area contributed by atoms with Crippen LogP contribution >= 0.6 is 0 Å². The lowest BCUT2D eigenvalue weighted by Gasteiger charge is -2.20. The SMILES string of the molecule is CNS(=O)(=O)c1cc(C(=O)OCC(=O)NC2CCCCCCC2)ccc1OC. The lowest BCUT2D eigenvalue weighted by molar-refractivity contribution is -0.125. The van der Waals surface area contributed by atoms with Crippen LogP contribution in [0.15, 0.2) is 23.1 Å². The summed E-state index contributed by atoms with van der Waals surface area (Å²) in [5, 5.41) is 2.91. The number of carbonyl (C=O) groups is 2. The van der Waals surface area contributed by atoms with E-state index in [0.717, 1.165) is 25.7 Å². The molecule has 0 saturated heterocycles. The van der Waals surface area contributed by atoms with Crippen molar-refractivity contribution >= 4 is 21.9 Å². The molecule has 1 amide bonds. The summed E-state index contributed by atoms with van der Waals surface area (Å²) >= 11 is 0. The molecule has 1 aliphatic carbocycles. The molecular formula is C19H28N2O6S. The van der Waals surface area contributed by atoms with Crippen LogP contribution in [0, 0.1) is 0 Å². The van der Waals surface area contributed by atoms with Crippen molar-refractivity contribution in [2.75, 3.05) is 20.8 Å². The Morgan fingerprint density at radius 2 is 1.75 bits per heavy atom. The van der Waals surface area contributed by atoms with Gasteiger partial charge in [0.15, 0.2) is 6.61 Å². The zero-order valence-electron chi connectivity index (χ0n) is 16.3. The molecular weight excluding hydrogens is 384 g/mol. The Balaban J connectivity index is 1.97. The minimum atomic E-state index is -3.82. The number of hydrogen-bond acceptors (Lipinski definition) is 6. The van der Waals surface area contributed by atoms with Crippen LogP contribution in [0.5, 0.6) is 5.75 Å². The summed E-state index contributed by atoms with van der Waals surface area (Å²) in [6.07, 6.45) is 7.63. The Morgan fingerprint density at radius 3 is 2.36 bits per heavy atom. The van der Waals surface area contributed by atoms with E-state index in [-0.39, 0.29) is 28.2 Å². The van der Waals surface area contributed by atoms with Gasteiger partial charge >= 0.3 is 5.97 Å². The van der Waals surface area contributed by atoms with Crippen molar-refractivity contribution < 1.29 is 27.5 Å². The third-order valence-corrected chi connectivity index (χ3v) is 6.20. The zero-order chi connectivity index (χ0) is 20.6. The predicted molar refractivity (Wildman–Crippen MR) is 104 cm³/mol. The van der Waals surface area contributed by atoms with E-state index in [2.05, 4.69) is 10.0 Å². The maximum absolute atomic E-state index is 12.3. The van der Waals surface area contributed by atoms with Gasteiger partial charge in [0.1, 0.15) is 10.6 Å². The van der Waals surface area contributed by atoms with Crippen LogP contribution in [0.25, 0.3) is 0 Å². The van der Waals surface area contributed by atoms with Crippen LogP contribution in [-0.2, 0) is 19.6 Å². The number of sulfonamides is 1. The van der Waals surface area contributed by atoms with Crippen molar-refractivity contribution in [2.45, 2.75) is 55.9 Å². The van der Waals surface area contributed by atoms with Crippen LogP contribution in [0.1, 0.15) is 55.3 Å². The van der Waals surface area contributed by atoms with E-state index in [1.165, 1.54) is 51.6 Å². The van der Waals surface area contributed by atoms with E-state index in [0.29, 0.717) is 0 Å². The average Bonchev–Trinajstić information content (AvgIpc) is 2.67. The predicted octanol–water partition coefficient (Wildman–Crippen LogP) is 1.99. The van der Waals surface area contributed by atoms with Gasteiger partial charge in [-0.3, -0.25) is 4.79 Å². The summed E-state index contributed by atoms with van der Waals surface area (Å²) < 4.78 is 36.4. The molecule has 9 heteroatoms. The molecule has 0 heterocycles. The number of hydrogen-bond donors (Lipinski definition) is 2. The second-order valence-electron chi connectivity index (χ2n) is 6.76. The topological polar surface area (TPSA) is 111 Å². The maximum Gasteiger partial charge on any atom is 0.338 e. The molecule has 1 saturated carbocycles. The monoisotopic (exact) mass is 412 g/mol. The van der Waals surface area contributed by atoms with Crippen molar-refractivity contribution in [3.8, 4) is 5.75 Å². The molecule has 0 aromatic heterocycles. The molecule has 1 aromatic rings. The van der Waals surface area contributed by atoms with Crippen LogP contribution in [0.2, 0.25) is 0 Å². The average molecular weight is 413 g/mol. The number of ether oxygens (including phenoxy) is 2. The van der Waals surface area contributed by atoms with Gasteiger partial charge in [-0.1, -0.05) is 32.1 Å². The highest BCUT2D eigenvalue weighted by Gasteiger charge is 2.21. The quantitative estimate of drug-likeness (QED) is 0.663. The largest absolute Gasteiger partial charge is 0.495 e. The number of rotatable bonds is 7. The van der Waals surface area contributed by atoms with E-state index in [4.69, 9.17) is 9.47 Å². The molecule has 2 N–H and O–H groups in total. The number of nitrogens with one attached hydrogen (secondary N) is 2. The Labute approximate surface area is 166 Å². The molecule has 1 aliphatic rings. The first-order chi connectivity index (χ1) is 13.4. The van der Waals surface area contributed by atoms with E-state index in [1.54, 1.807) is 0 Å². The number of methoxy groups -OCH3 is 1. The first-order valence-corrected chi connectivity index (χ1v) is 10.9. The van der Waals surface area contributed by atoms with Crippen molar-refractivity contribution in [3.05, 3.63) is 23.8 Å². The summed E-state index contributed by atoms with van der Waals surface area (Å²) in [4.78, 5) is 24.2. The molecule has 0 radical (unpaired) electrons. The molecule has 1 aromatic carbocycles. The fourth-order valence-corrected chi connectivity index (χ4v) is 4.13. The molecule has 0 aliphatic heterocycles. The summed E-state index contributed by atoms with van der Waals surface area (Å²) in [5.41, 5.74) is 0.0216. The van der Waals surface area contributed by atoms with Gasteiger partial charge in [-0.05, 0) is 38.1 Å². The molecule has 1 fully saturated rings. The lowest BCUT2D eigenvalue weighted by atomic mass is 9.97. The molecule has 0 bridgehead atoms. The minimum absolute atomic E-state index is 0.0216. The van der Waals surface area contributed by atoms with Gasteiger partial charge in [-0.15, -0.1) is 0 Å². The van der Waals surface area contributed by atoms with Gasteiger partial charge in [-0.25, -0.2) is 17.9 Å². The third-order valence-electron chi connectivity index (χ3n) is 4.76. The van der Waals surface area contributed by atoms with Crippen LogP contribution in [-0.4, -0.2) is 47.1 Å². The Bertz CT molecular complexity index is 786. The highest BCUT2D eigenvalue weighted by Crippen LogP contribution is 2.25. The Hall–Kier alpha value is -2.13. The summed E-state index contributed by atoms with van der Waals surface area (Å²) in [5.74, 6) is -1.02. The highest BCUT2D eigenvalue weighted by molar-refractivity contribution is 7.89. The van der Waals surface area contributed by atoms with Gasteiger partial charge in [-0.2, -0.15) is 0 Å². The fraction of sp³-hybridized carbons (Fsp3) is 0.579. The van der Waals surface area contributed by atoms with Crippen molar-refractivity contribution in [3.63, 3.8) is 0 Å². The Morgan fingerprint density at radius 1 is 1.11 bits per heavy atom. The molecule has 28 heavy (non-hydrogen) atoms. The van der Waals surface area contributed by atoms with Crippen molar-refractivity contribution in [1.82, 2.24) is 10.0 Å². The first-order valence-electron chi connectivity index (χ1n) is 9.45. The van der Waals surface area contributed by atoms with Gasteiger partial charge in [0.2, 0.25) is 10.0 Å². The molecule has 8 nitrogen and oxygen atoms in total. The first kappa shape index (κ1) is 22.2. The van der Waals surface area contributed by atoms with E-state index in [1.807, 2.05) is 0 Å². The zero-order valence-corrected chi connectivity index (χ0v) is 17.1. The second kappa shape index (κ2) is 10.4. The van der Waals surface area contributed by atoms with Crippen LogP contribution < -0.4 is 14.8 Å². The van der Waals surface area contributed by atoms with Crippen LogP contribution in [0.3, 0.4) is 0 Å². The van der Waals surface area contributed by atoms with Gasteiger partial charge in [0.25, 0.3) is 5.91 Å². The molecule has 156 valence electrons. The number of benzene rings is 1. The number of carbonyl (C=O) groups excluding carboxylic acids is 2. The Kier molecular flexibility index (Phi) is 8.25. The lowest BCUT2D eigenvalue weighted by Crippen LogP contribution is -2.38. The summed E-state index contributed by atoms with van der Waals surface area (Å²) in [7, 11) is -1.22. The minimum Gasteiger partial charge on any atom is -0.495 e. The van der Waals surface area contributed by atoms with E-state index in [9.17, 15) is 18.0 Å². The summed E-state index contributed by atoms with van der Waals surface area (Å²) in [6, 6.07) is 4.04. The molecule has 0 unspecified atom stereocenters. The fourth-order valence-electron chi connectivity index (χ4n) is 3.21. The third kappa shape index (κ3) is 6.20. The summed E-state index contributed by atoms with van der Waals surface area (Å²) in [6.45, 7) is -0.407. The maximum atomic E-state index is 12.3. The molecule has 0 spiro atoms.